The highest BCUT2D eigenvalue weighted by molar-refractivity contribution is 6.44. The van der Waals surface area contributed by atoms with Crippen LogP contribution in [0.1, 0.15) is 23.6 Å². The molecule has 0 aromatic heterocycles. The van der Waals surface area contributed by atoms with Gasteiger partial charge in [0.1, 0.15) is 0 Å². The van der Waals surface area contributed by atoms with Gasteiger partial charge in [0.05, 0.1) is 28.6 Å². The number of amides is 1. The molecule has 8 heteroatoms. The molecule has 1 amide bonds. The van der Waals surface area contributed by atoms with E-state index in [0.717, 1.165) is 10.6 Å². The molecule has 0 radical (unpaired) electrons. The standard InChI is InChI=1S/C20H21Cl3N2O3/c21-16-6-7-17(22)20(23)15(16)10-19(27)25(28)18(13-4-2-1-3-5-13)12-24-9-8-14(26)11-24/h1-7,14,18,26,28H,8-12H2. The number of aliphatic hydroxyl groups is 1. The molecule has 5 nitrogen and oxygen atoms in total. The van der Waals surface area contributed by atoms with Gasteiger partial charge in [0.25, 0.3) is 5.91 Å². The molecule has 1 fully saturated rings. The van der Waals surface area contributed by atoms with Gasteiger partial charge < -0.3 is 5.11 Å². The van der Waals surface area contributed by atoms with Crippen LogP contribution in [0.15, 0.2) is 42.5 Å². The van der Waals surface area contributed by atoms with E-state index >= 15 is 0 Å². The van der Waals surface area contributed by atoms with Crippen LogP contribution < -0.4 is 0 Å². The van der Waals surface area contributed by atoms with Crippen molar-refractivity contribution in [2.24, 2.45) is 0 Å². The van der Waals surface area contributed by atoms with Crippen LogP contribution in [0.25, 0.3) is 0 Å². The highest BCUT2D eigenvalue weighted by Crippen LogP contribution is 2.32. The first-order valence-corrected chi connectivity index (χ1v) is 10.1. The van der Waals surface area contributed by atoms with Crippen molar-refractivity contribution in [2.45, 2.75) is 25.0 Å². The number of benzene rings is 2. The van der Waals surface area contributed by atoms with E-state index in [0.29, 0.717) is 41.7 Å². The van der Waals surface area contributed by atoms with E-state index in [4.69, 9.17) is 34.8 Å². The third-order valence-electron chi connectivity index (χ3n) is 4.88. The largest absolute Gasteiger partial charge is 0.392 e. The molecule has 0 bridgehead atoms. The minimum absolute atomic E-state index is 0.180. The molecule has 0 spiro atoms. The molecule has 1 aliphatic heterocycles. The summed E-state index contributed by atoms with van der Waals surface area (Å²) in [5, 5.41) is 22.1. The van der Waals surface area contributed by atoms with Crippen molar-refractivity contribution < 1.29 is 15.1 Å². The first kappa shape index (κ1) is 21.4. The molecular weight excluding hydrogens is 423 g/mol. The van der Waals surface area contributed by atoms with Crippen LogP contribution in [0.3, 0.4) is 0 Å². The second-order valence-electron chi connectivity index (χ2n) is 6.87. The Morgan fingerprint density at radius 1 is 1.14 bits per heavy atom. The Morgan fingerprint density at radius 3 is 2.46 bits per heavy atom. The Labute approximate surface area is 179 Å². The van der Waals surface area contributed by atoms with Crippen LogP contribution in [-0.2, 0) is 11.2 Å². The Morgan fingerprint density at radius 2 is 1.82 bits per heavy atom. The predicted octanol–water partition coefficient (Wildman–Crippen LogP) is 4.22. The maximum atomic E-state index is 12.8. The van der Waals surface area contributed by atoms with E-state index in [1.165, 1.54) is 0 Å². The number of hydroxylamine groups is 2. The van der Waals surface area contributed by atoms with E-state index in [1.807, 2.05) is 35.2 Å². The number of rotatable bonds is 6. The minimum atomic E-state index is -0.587. The number of hydrogen-bond donors (Lipinski definition) is 2. The minimum Gasteiger partial charge on any atom is -0.392 e. The zero-order chi connectivity index (χ0) is 20.3. The maximum Gasteiger partial charge on any atom is 0.251 e. The van der Waals surface area contributed by atoms with Gasteiger partial charge in [0, 0.05) is 30.2 Å². The summed E-state index contributed by atoms with van der Waals surface area (Å²) in [7, 11) is 0. The molecule has 1 heterocycles. The molecule has 0 saturated carbocycles. The van der Waals surface area contributed by atoms with Crippen LogP contribution in [0.2, 0.25) is 15.1 Å². The molecule has 28 heavy (non-hydrogen) atoms. The van der Waals surface area contributed by atoms with Gasteiger partial charge in [-0.1, -0.05) is 65.1 Å². The number of β-amino-alcohol motifs (C(OH)–C–C–N with tert-alkyl or cyclic N) is 1. The van der Waals surface area contributed by atoms with E-state index in [1.54, 1.807) is 12.1 Å². The molecule has 2 unspecified atom stereocenters. The second kappa shape index (κ2) is 9.44. The molecule has 150 valence electrons. The van der Waals surface area contributed by atoms with Crippen molar-refractivity contribution in [1.29, 1.82) is 0 Å². The van der Waals surface area contributed by atoms with Gasteiger partial charge in [0.2, 0.25) is 0 Å². The molecule has 1 aliphatic rings. The average Bonchev–Trinajstić information content (AvgIpc) is 3.11. The number of carbonyl (C=O) groups is 1. The third kappa shape index (κ3) is 4.98. The Hall–Kier alpha value is -1.34. The normalized spacial score (nSPS) is 18.2. The number of likely N-dealkylation sites (tertiary alicyclic amines) is 1. The van der Waals surface area contributed by atoms with Crippen molar-refractivity contribution in [1.82, 2.24) is 9.96 Å². The van der Waals surface area contributed by atoms with Gasteiger partial charge >= 0.3 is 0 Å². The Bertz CT molecular complexity index is 835. The fraction of sp³-hybridized carbons (Fsp3) is 0.350. The smallest absolute Gasteiger partial charge is 0.251 e. The van der Waals surface area contributed by atoms with Crippen LogP contribution in [0.5, 0.6) is 0 Å². The number of nitrogens with zero attached hydrogens (tertiary/aromatic N) is 2. The Balaban J connectivity index is 1.81. The van der Waals surface area contributed by atoms with E-state index in [9.17, 15) is 15.1 Å². The average molecular weight is 444 g/mol. The first-order valence-electron chi connectivity index (χ1n) is 8.95. The van der Waals surface area contributed by atoms with Crippen molar-refractivity contribution in [3.05, 3.63) is 68.7 Å². The van der Waals surface area contributed by atoms with Gasteiger partial charge in [0.15, 0.2) is 0 Å². The fourth-order valence-electron chi connectivity index (χ4n) is 3.36. The van der Waals surface area contributed by atoms with E-state index in [-0.39, 0.29) is 17.5 Å². The fourth-order valence-corrected chi connectivity index (χ4v) is 4.04. The highest BCUT2D eigenvalue weighted by atomic mass is 35.5. The number of carbonyl (C=O) groups excluding carboxylic acids is 1. The molecule has 3 rings (SSSR count). The second-order valence-corrected chi connectivity index (χ2v) is 8.06. The van der Waals surface area contributed by atoms with Crippen molar-refractivity contribution in [3.63, 3.8) is 0 Å². The Kier molecular flexibility index (Phi) is 7.20. The quantitative estimate of drug-likeness (QED) is 0.399. The lowest BCUT2D eigenvalue weighted by Gasteiger charge is -2.30. The summed E-state index contributed by atoms with van der Waals surface area (Å²) in [6, 6.07) is 11.8. The van der Waals surface area contributed by atoms with Gasteiger partial charge in [-0.25, -0.2) is 5.06 Å². The summed E-state index contributed by atoms with van der Waals surface area (Å²) >= 11 is 18.4. The molecule has 2 atom stereocenters. The van der Waals surface area contributed by atoms with Gasteiger partial charge in [-0.2, -0.15) is 0 Å². The number of halogens is 3. The predicted molar refractivity (Wildman–Crippen MR) is 110 cm³/mol. The molecule has 2 aromatic rings. The van der Waals surface area contributed by atoms with Crippen LogP contribution in [0.4, 0.5) is 0 Å². The van der Waals surface area contributed by atoms with Crippen LogP contribution in [0, 0.1) is 0 Å². The molecule has 0 aliphatic carbocycles. The summed E-state index contributed by atoms with van der Waals surface area (Å²) in [6.45, 7) is 1.62. The lowest BCUT2D eigenvalue weighted by atomic mass is 10.0. The molecule has 2 aromatic carbocycles. The molecule has 1 saturated heterocycles. The molecular formula is C20H21Cl3N2O3. The zero-order valence-electron chi connectivity index (χ0n) is 15.1. The van der Waals surface area contributed by atoms with Crippen molar-refractivity contribution >= 4 is 40.7 Å². The summed E-state index contributed by atoms with van der Waals surface area (Å²) in [6.07, 6.45) is 0.110. The summed E-state index contributed by atoms with van der Waals surface area (Å²) in [4.78, 5) is 14.9. The monoisotopic (exact) mass is 442 g/mol. The first-order chi connectivity index (χ1) is 13.4. The summed E-state index contributed by atoms with van der Waals surface area (Å²) < 4.78 is 0. The van der Waals surface area contributed by atoms with E-state index in [2.05, 4.69) is 0 Å². The van der Waals surface area contributed by atoms with Crippen molar-refractivity contribution in [2.75, 3.05) is 19.6 Å². The molecule has 2 N–H and O–H groups in total. The highest BCUT2D eigenvalue weighted by Gasteiger charge is 2.30. The third-order valence-corrected chi connectivity index (χ3v) is 6.08. The van der Waals surface area contributed by atoms with Crippen LogP contribution >= 0.6 is 34.8 Å². The maximum absolute atomic E-state index is 12.8. The summed E-state index contributed by atoms with van der Waals surface area (Å²) in [5.74, 6) is -0.542. The lowest BCUT2D eigenvalue weighted by molar-refractivity contribution is -0.177. The summed E-state index contributed by atoms with van der Waals surface area (Å²) in [5.41, 5.74) is 1.17. The SMILES string of the molecule is O=C(Cc1c(Cl)ccc(Cl)c1Cl)N(O)C(CN1CCC(O)C1)c1ccccc1. The number of aliphatic hydroxyl groups excluding tert-OH is 1. The van der Waals surface area contributed by atoms with Gasteiger partial charge in [-0.05, 0) is 24.1 Å². The van der Waals surface area contributed by atoms with Gasteiger partial charge in [-0.15, -0.1) is 0 Å². The van der Waals surface area contributed by atoms with Crippen LogP contribution in [-0.4, -0.2) is 51.9 Å². The number of hydrogen-bond acceptors (Lipinski definition) is 4. The van der Waals surface area contributed by atoms with Gasteiger partial charge in [-0.3, -0.25) is 14.9 Å². The zero-order valence-corrected chi connectivity index (χ0v) is 17.3. The lowest BCUT2D eigenvalue weighted by Crippen LogP contribution is -2.40. The van der Waals surface area contributed by atoms with E-state index < -0.39 is 11.9 Å². The van der Waals surface area contributed by atoms with Crippen molar-refractivity contribution in [3.8, 4) is 0 Å². The topological polar surface area (TPSA) is 64.0 Å².